The number of carbonyl (C=O) groups is 2. The average Bonchev–Trinajstić information content (AvgIpc) is 3.08. The molecule has 1 aliphatic rings. The fraction of sp³-hybridized carbons (Fsp3) is 0.368. The van der Waals surface area contributed by atoms with Gasteiger partial charge >= 0.3 is 5.97 Å². The lowest BCUT2D eigenvalue weighted by Gasteiger charge is -2.29. The van der Waals surface area contributed by atoms with E-state index in [0.29, 0.717) is 5.56 Å². The number of Topliss-reactive ketones (excluding diaryl/α,β-unsaturated/α-hetero) is 1. The molecule has 2 atom stereocenters. The molecule has 2 aromatic carbocycles. The molecule has 0 aliphatic carbocycles. The summed E-state index contributed by atoms with van der Waals surface area (Å²) in [6.45, 7) is 3.21. The molecular formula is C19H21NO3. The summed E-state index contributed by atoms with van der Waals surface area (Å²) in [6, 6.07) is 12.8. The molecule has 3 rings (SSSR count). The Bertz CT molecular complexity index is 729. The molecule has 1 heterocycles. The molecule has 1 fully saturated rings. The van der Waals surface area contributed by atoms with Gasteiger partial charge in [-0.3, -0.25) is 14.5 Å². The predicted molar refractivity (Wildman–Crippen MR) is 89.7 cm³/mol. The Kier molecular flexibility index (Phi) is 4.44. The van der Waals surface area contributed by atoms with E-state index in [1.807, 2.05) is 47.4 Å². The first-order chi connectivity index (χ1) is 11.1. The molecule has 0 bridgehead atoms. The molecule has 4 nitrogen and oxygen atoms in total. The Morgan fingerprint density at radius 3 is 2.39 bits per heavy atom. The van der Waals surface area contributed by atoms with Crippen molar-refractivity contribution in [2.75, 3.05) is 13.1 Å². The fourth-order valence-electron chi connectivity index (χ4n) is 3.46. The van der Waals surface area contributed by atoms with Crippen molar-refractivity contribution in [3.8, 4) is 0 Å². The van der Waals surface area contributed by atoms with Crippen LogP contribution in [0.4, 0.5) is 0 Å². The van der Waals surface area contributed by atoms with Crippen molar-refractivity contribution >= 4 is 22.5 Å². The number of hydrogen-bond donors (Lipinski definition) is 1. The van der Waals surface area contributed by atoms with E-state index < -0.39 is 17.9 Å². The maximum absolute atomic E-state index is 13.2. The minimum absolute atomic E-state index is 0.0846. The molecule has 2 aromatic rings. The van der Waals surface area contributed by atoms with Gasteiger partial charge in [0.05, 0.1) is 12.0 Å². The second-order valence-electron chi connectivity index (χ2n) is 6.21. The van der Waals surface area contributed by atoms with Crippen LogP contribution in [0.25, 0.3) is 10.8 Å². The van der Waals surface area contributed by atoms with E-state index in [1.54, 1.807) is 6.92 Å². The van der Waals surface area contributed by atoms with Crippen LogP contribution < -0.4 is 0 Å². The van der Waals surface area contributed by atoms with Crippen LogP contribution in [0.2, 0.25) is 0 Å². The minimum Gasteiger partial charge on any atom is -0.481 e. The van der Waals surface area contributed by atoms with Gasteiger partial charge in [-0.1, -0.05) is 42.5 Å². The molecule has 23 heavy (non-hydrogen) atoms. The molecule has 0 spiro atoms. The zero-order chi connectivity index (χ0) is 16.4. The molecule has 2 unspecified atom stereocenters. The molecule has 0 radical (unpaired) electrons. The molecule has 120 valence electrons. The van der Waals surface area contributed by atoms with Crippen molar-refractivity contribution in [2.45, 2.75) is 25.8 Å². The van der Waals surface area contributed by atoms with E-state index in [4.69, 9.17) is 0 Å². The summed E-state index contributed by atoms with van der Waals surface area (Å²) in [5.41, 5.74) is 0.619. The van der Waals surface area contributed by atoms with Gasteiger partial charge < -0.3 is 5.11 Å². The van der Waals surface area contributed by atoms with Crippen LogP contribution in [0.5, 0.6) is 0 Å². The molecular weight excluding hydrogens is 290 g/mol. The highest BCUT2D eigenvalue weighted by Gasteiger charge is 2.37. The van der Waals surface area contributed by atoms with Crippen molar-refractivity contribution in [3.63, 3.8) is 0 Å². The van der Waals surface area contributed by atoms with Crippen LogP contribution in [0.15, 0.2) is 42.5 Å². The first-order valence-electron chi connectivity index (χ1n) is 8.08. The van der Waals surface area contributed by atoms with Gasteiger partial charge in [-0.05, 0) is 43.6 Å². The molecule has 1 aliphatic heterocycles. The van der Waals surface area contributed by atoms with Gasteiger partial charge in [0.2, 0.25) is 0 Å². The monoisotopic (exact) mass is 311 g/mol. The maximum atomic E-state index is 13.2. The van der Waals surface area contributed by atoms with Crippen molar-refractivity contribution in [2.24, 2.45) is 5.92 Å². The third-order valence-corrected chi connectivity index (χ3v) is 4.72. The lowest BCUT2D eigenvalue weighted by atomic mass is 9.90. The topological polar surface area (TPSA) is 57.6 Å². The zero-order valence-corrected chi connectivity index (χ0v) is 13.2. The summed E-state index contributed by atoms with van der Waals surface area (Å²) in [4.78, 5) is 26.7. The highest BCUT2D eigenvalue weighted by atomic mass is 16.4. The smallest absolute Gasteiger partial charge is 0.308 e. The summed E-state index contributed by atoms with van der Waals surface area (Å²) in [5, 5.41) is 11.3. The Morgan fingerprint density at radius 1 is 1.04 bits per heavy atom. The van der Waals surface area contributed by atoms with Crippen LogP contribution in [-0.4, -0.2) is 40.9 Å². The number of aliphatic carboxylic acids is 1. The lowest BCUT2D eigenvalue weighted by Crippen LogP contribution is -2.46. The van der Waals surface area contributed by atoms with Gasteiger partial charge in [0, 0.05) is 5.56 Å². The van der Waals surface area contributed by atoms with Crippen LogP contribution in [0, 0.1) is 5.92 Å². The third-order valence-electron chi connectivity index (χ3n) is 4.72. The Hall–Kier alpha value is -2.20. The predicted octanol–water partition coefficient (Wildman–Crippen LogP) is 3.21. The second-order valence-corrected chi connectivity index (χ2v) is 6.21. The number of benzene rings is 2. The molecule has 1 N–H and O–H groups in total. The Balaban J connectivity index is 2.04. The number of carbonyl (C=O) groups excluding carboxylic acids is 1. The van der Waals surface area contributed by atoms with Gasteiger partial charge in [-0.15, -0.1) is 0 Å². The summed E-state index contributed by atoms with van der Waals surface area (Å²) in [7, 11) is 0. The number of carboxylic acid groups (broad SMARTS) is 1. The van der Waals surface area contributed by atoms with Crippen LogP contribution >= 0.6 is 0 Å². The molecule has 4 heteroatoms. The Labute approximate surface area is 135 Å². The van der Waals surface area contributed by atoms with E-state index in [2.05, 4.69) is 0 Å². The highest BCUT2D eigenvalue weighted by Crippen LogP contribution is 2.26. The molecule has 0 saturated carbocycles. The van der Waals surface area contributed by atoms with Gasteiger partial charge in [0.25, 0.3) is 0 Å². The fourth-order valence-corrected chi connectivity index (χ4v) is 3.46. The minimum atomic E-state index is -0.921. The summed E-state index contributed by atoms with van der Waals surface area (Å²) in [6.07, 6.45) is 2.04. The summed E-state index contributed by atoms with van der Waals surface area (Å²) < 4.78 is 0. The van der Waals surface area contributed by atoms with Gasteiger partial charge in [-0.25, -0.2) is 0 Å². The van der Waals surface area contributed by atoms with Crippen molar-refractivity contribution in [1.82, 2.24) is 4.90 Å². The number of nitrogens with zero attached hydrogens (tertiary/aromatic N) is 1. The average molecular weight is 311 g/mol. The van der Waals surface area contributed by atoms with E-state index in [9.17, 15) is 14.7 Å². The maximum Gasteiger partial charge on any atom is 0.308 e. The molecule has 0 amide bonds. The quantitative estimate of drug-likeness (QED) is 0.862. The number of fused-ring (bicyclic) bond motifs is 1. The number of hydrogen-bond acceptors (Lipinski definition) is 3. The van der Waals surface area contributed by atoms with Crippen LogP contribution in [-0.2, 0) is 4.79 Å². The number of carboxylic acids is 1. The zero-order valence-electron chi connectivity index (χ0n) is 13.2. The summed E-state index contributed by atoms with van der Waals surface area (Å²) >= 11 is 0. The third kappa shape index (κ3) is 2.99. The summed E-state index contributed by atoms with van der Waals surface area (Å²) in [5.74, 6) is -1.73. The molecule has 1 saturated heterocycles. The van der Waals surface area contributed by atoms with Gasteiger partial charge in [0.15, 0.2) is 5.78 Å². The SMILES string of the molecule is CC(C(=O)O)C(C(=O)c1cccc2ccccc12)N1CCCC1. The van der Waals surface area contributed by atoms with E-state index in [-0.39, 0.29) is 5.78 Å². The Morgan fingerprint density at radius 2 is 1.70 bits per heavy atom. The van der Waals surface area contributed by atoms with Crippen LogP contribution in [0.3, 0.4) is 0 Å². The van der Waals surface area contributed by atoms with Crippen molar-refractivity contribution < 1.29 is 14.7 Å². The van der Waals surface area contributed by atoms with E-state index in [0.717, 1.165) is 36.7 Å². The number of likely N-dealkylation sites (tertiary alicyclic amines) is 1. The highest BCUT2D eigenvalue weighted by molar-refractivity contribution is 6.11. The van der Waals surface area contributed by atoms with Gasteiger partial charge in [0.1, 0.15) is 0 Å². The first-order valence-corrected chi connectivity index (χ1v) is 8.08. The lowest BCUT2D eigenvalue weighted by molar-refractivity contribution is -0.142. The van der Waals surface area contributed by atoms with Gasteiger partial charge in [-0.2, -0.15) is 0 Å². The van der Waals surface area contributed by atoms with E-state index in [1.165, 1.54) is 0 Å². The first kappa shape index (κ1) is 15.7. The van der Waals surface area contributed by atoms with Crippen LogP contribution in [0.1, 0.15) is 30.1 Å². The number of ketones is 1. The largest absolute Gasteiger partial charge is 0.481 e. The second kappa shape index (κ2) is 6.50. The number of rotatable bonds is 5. The van der Waals surface area contributed by atoms with Crippen molar-refractivity contribution in [1.29, 1.82) is 0 Å². The van der Waals surface area contributed by atoms with Crippen molar-refractivity contribution in [3.05, 3.63) is 48.0 Å². The molecule has 0 aromatic heterocycles. The standard InChI is InChI=1S/C19H21NO3/c1-13(19(22)23)17(20-11-4-5-12-20)18(21)16-10-6-8-14-7-2-3-9-15(14)16/h2-3,6-10,13,17H,4-5,11-12H2,1H3,(H,22,23). The van der Waals surface area contributed by atoms with E-state index >= 15 is 0 Å². The normalized spacial score (nSPS) is 18.0.